The summed E-state index contributed by atoms with van der Waals surface area (Å²) >= 11 is 0. The Kier molecular flexibility index (Phi) is 2.59. The molecule has 2 heterocycles. The molecule has 2 aromatic rings. The number of halogens is 2. The number of epoxide rings is 1. The van der Waals surface area contributed by atoms with Crippen molar-refractivity contribution in [3.63, 3.8) is 0 Å². The molecule has 0 amide bonds. The average Bonchev–Trinajstić information content (AvgIpc) is 3.07. The lowest BCUT2D eigenvalue weighted by Gasteiger charge is -2.29. The Morgan fingerprint density at radius 1 is 0.750 bits per heavy atom. The molecule has 2 aliphatic heterocycles. The molecule has 4 heteroatoms. The van der Waals surface area contributed by atoms with Crippen LogP contribution in [0.2, 0.25) is 12.1 Å². The Labute approximate surface area is 117 Å². The van der Waals surface area contributed by atoms with Gasteiger partial charge in [-0.15, -0.1) is 0 Å². The number of rotatable bonds is 2. The van der Waals surface area contributed by atoms with Crippen LogP contribution in [0.25, 0.3) is 0 Å². The van der Waals surface area contributed by atoms with Crippen molar-refractivity contribution >= 4 is 18.4 Å². The van der Waals surface area contributed by atoms with Gasteiger partial charge in [0.2, 0.25) is 0 Å². The summed E-state index contributed by atoms with van der Waals surface area (Å²) in [6.45, 7) is 0. The summed E-state index contributed by atoms with van der Waals surface area (Å²) in [5.74, 6) is -0.423. The molecule has 0 radical (unpaired) electrons. The van der Waals surface area contributed by atoms with Gasteiger partial charge in [-0.2, -0.15) is 0 Å². The van der Waals surface area contributed by atoms with Crippen molar-refractivity contribution in [2.45, 2.75) is 24.3 Å². The summed E-state index contributed by atoms with van der Waals surface area (Å²) in [4.78, 5) is 0. The topological polar surface area (TPSA) is 12.5 Å². The maximum atomic E-state index is 13.2. The van der Waals surface area contributed by atoms with Crippen molar-refractivity contribution in [2.24, 2.45) is 0 Å². The lowest BCUT2D eigenvalue weighted by atomic mass is 10.3. The molecule has 0 bridgehead atoms. The highest BCUT2D eigenvalue weighted by Crippen LogP contribution is 2.44. The maximum Gasteiger partial charge on any atom is 0.123 e. The summed E-state index contributed by atoms with van der Waals surface area (Å²) in [5, 5.41) is 2.45. The van der Waals surface area contributed by atoms with Gasteiger partial charge in [0.15, 0.2) is 0 Å². The van der Waals surface area contributed by atoms with E-state index in [1.165, 1.54) is 34.6 Å². The Hall–Kier alpha value is -1.52. The number of fused-ring (bicyclic) bond motifs is 1. The van der Waals surface area contributed by atoms with Crippen LogP contribution >= 0.6 is 0 Å². The van der Waals surface area contributed by atoms with Gasteiger partial charge in [0.25, 0.3) is 0 Å². The van der Waals surface area contributed by atoms with E-state index in [9.17, 15) is 8.78 Å². The highest BCUT2D eigenvalue weighted by atomic mass is 28.3. The second kappa shape index (κ2) is 4.23. The molecule has 1 nitrogen and oxygen atoms in total. The van der Waals surface area contributed by atoms with Gasteiger partial charge in [0.05, 0.1) is 12.2 Å². The number of benzene rings is 2. The van der Waals surface area contributed by atoms with Crippen LogP contribution in [0.1, 0.15) is 0 Å². The van der Waals surface area contributed by atoms with Crippen molar-refractivity contribution in [3.8, 4) is 0 Å². The van der Waals surface area contributed by atoms with E-state index in [0.29, 0.717) is 12.2 Å². The first-order valence-corrected chi connectivity index (χ1v) is 9.26. The summed E-state index contributed by atoms with van der Waals surface area (Å²) in [6.07, 6.45) is 0.716. The van der Waals surface area contributed by atoms with Gasteiger partial charge in [-0.25, -0.2) is 8.78 Å². The lowest BCUT2D eigenvalue weighted by Crippen LogP contribution is -2.57. The molecule has 2 aromatic carbocycles. The van der Waals surface area contributed by atoms with E-state index >= 15 is 0 Å². The molecule has 0 N–H and O–H groups in total. The SMILES string of the molecule is Fc1ccc([Si]2(c3ccc(F)cc3)CC3OC3C2)cc1. The number of hydrogen-bond donors (Lipinski definition) is 0. The van der Waals surface area contributed by atoms with Crippen LogP contribution in [-0.2, 0) is 4.74 Å². The van der Waals surface area contributed by atoms with Crippen molar-refractivity contribution in [3.05, 3.63) is 60.2 Å². The van der Waals surface area contributed by atoms with E-state index in [1.807, 2.05) is 24.3 Å². The van der Waals surface area contributed by atoms with E-state index in [0.717, 1.165) is 12.1 Å². The van der Waals surface area contributed by atoms with Crippen LogP contribution in [0.15, 0.2) is 48.5 Å². The first-order chi connectivity index (χ1) is 9.67. The van der Waals surface area contributed by atoms with E-state index in [2.05, 4.69) is 0 Å². The molecule has 2 unspecified atom stereocenters. The van der Waals surface area contributed by atoms with Crippen LogP contribution in [0.5, 0.6) is 0 Å². The zero-order valence-corrected chi connectivity index (χ0v) is 11.9. The third kappa shape index (κ3) is 1.83. The fourth-order valence-electron chi connectivity index (χ4n) is 3.48. The summed E-state index contributed by atoms with van der Waals surface area (Å²) in [6, 6.07) is 15.7. The molecular weight excluding hydrogens is 274 g/mol. The zero-order valence-electron chi connectivity index (χ0n) is 10.9. The van der Waals surface area contributed by atoms with Crippen LogP contribution in [0, 0.1) is 11.6 Å². The first-order valence-electron chi connectivity index (χ1n) is 6.85. The molecule has 20 heavy (non-hydrogen) atoms. The summed E-state index contributed by atoms with van der Waals surface area (Å²) in [5.41, 5.74) is 0. The van der Waals surface area contributed by atoms with E-state index < -0.39 is 8.07 Å². The quantitative estimate of drug-likeness (QED) is 0.610. The van der Waals surface area contributed by atoms with Gasteiger partial charge in [-0.3, -0.25) is 0 Å². The molecule has 0 spiro atoms. The Balaban J connectivity index is 1.82. The predicted octanol–water partition coefficient (Wildman–Crippen LogP) is 2.31. The van der Waals surface area contributed by atoms with E-state index in [1.54, 1.807) is 0 Å². The average molecular weight is 288 g/mol. The molecule has 4 rings (SSSR count). The highest BCUT2D eigenvalue weighted by Gasteiger charge is 2.58. The first kappa shape index (κ1) is 12.2. The summed E-state index contributed by atoms with van der Waals surface area (Å²) < 4.78 is 31.9. The Morgan fingerprint density at radius 2 is 1.15 bits per heavy atom. The third-order valence-corrected chi connectivity index (χ3v) is 9.66. The van der Waals surface area contributed by atoms with Gasteiger partial charge in [0.1, 0.15) is 19.7 Å². The summed E-state index contributed by atoms with van der Waals surface area (Å²) in [7, 11) is -1.90. The maximum absolute atomic E-state index is 13.2. The molecule has 0 aliphatic carbocycles. The fraction of sp³-hybridized carbons (Fsp3) is 0.250. The Morgan fingerprint density at radius 3 is 1.55 bits per heavy atom. The van der Waals surface area contributed by atoms with Crippen LogP contribution in [0.3, 0.4) is 0 Å². The van der Waals surface area contributed by atoms with Crippen LogP contribution in [0.4, 0.5) is 8.78 Å². The monoisotopic (exact) mass is 288 g/mol. The molecule has 0 aromatic heterocycles. The van der Waals surface area contributed by atoms with Gasteiger partial charge in [-0.05, 0) is 36.4 Å². The standard InChI is InChI=1S/C16H14F2OSi/c17-11-1-5-13(6-2-11)20(9-15-16(10-20)19-15)14-7-3-12(18)4-8-14/h1-8,15-16H,9-10H2. The van der Waals surface area contributed by atoms with Crippen molar-refractivity contribution in [1.29, 1.82) is 0 Å². The molecule has 2 saturated heterocycles. The van der Waals surface area contributed by atoms with Gasteiger partial charge in [-0.1, -0.05) is 34.6 Å². The van der Waals surface area contributed by atoms with Crippen molar-refractivity contribution in [2.75, 3.05) is 0 Å². The minimum Gasteiger partial charge on any atom is -0.370 e. The molecule has 2 fully saturated rings. The zero-order chi connectivity index (χ0) is 13.7. The minimum atomic E-state index is -1.90. The van der Waals surface area contributed by atoms with E-state index in [-0.39, 0.29) is 11.6 Å². The van der Waals surface area contributed by atoms with Crippen LogP contribution in [-0.4, -0.2) is 20.3 Å². The minimum absolute atomic E-state index is 0.212. The van der Waals surface area contributed by atoms with Crippen molar-refractivity contribution < 1.29 is 13.5 Å². The van der Waals surface area contributed by atoms with E-state index in [4.69, 9.17) is 4.74 Å². The second-order valence-corrected chi connectivity index (χ2v) is 9.85. The fourth-order valence-corrected chi connectivity index (χ4v) is 8.63. The highest BCUT2D eigenvalue weighted by molar-refractivity contribution is 7.03. The van der Waals surface area contributed by atoms with Gasteiger partial charge >= 0.3 is 0 Å². The molecular formula is C16H14F2OSi. The largest absolute Gasteiger partial charge is 0.370 e. The Bertz CT molecular complexity index is 581. The lowest BCUT2D eigenvalue weighted by molar-refractivity contribution is 0.378. The van der Waals surface area contributed by atoms with Gasteiger partial charge in [0, 0.05) is 0 Å². The van der Waals surface area contributed by atoms with Crippen LogP contribution < -0.4 is 10.4 Å². The normalized spacial score (nSPS) is 26.3. The number of hydrogen-bond acceptors (Lipinski definition) is 1. The second-order valence-electron chi connectivity index (χ2n) is 5.72. The smallest absolute Gasteiger partial charge is 0.123 e. The molecule has 2 aliphatic rings. The predicted molar refractivity (Wildman–Crippen MR) is 76.1 cm³/mol. The van der Waals surface area contributed by atoms with Gasteiger partial charge < -0.3 is 4.74 Å². The third-order valence-electron chi connectivity index (χ3n) is 4.58. The number of ether oxygens (including phenoxy) is 1. The van der Waals surface area contributed by atoms with Crippen molar-refractivity contribution in [1.82, 2.24) is 0 Å². The molecule has 0 saturated carbocycles. The molecule has 2 atom stereocenters. The molecule has 102 valence electrons.